The Bertz CT molecular complexity index is 137. The minimum Gasteiger partial charge on any atom is -0.0939 e. The van der Waals surface area contributed by atoms with Crippen LogP contribution in [0.4, 0.5) is 0 Å². The number of rotatable bonds is 13. The molecule has 0 aromatic heterocycles. The van der Waals surface area contributed by atoms with Crippen LogP contribution in [0.3, 0.4) is 0 Å². The molecule has 0 unspecified atom stereocenters. The van der Waals surface area contributed by atoms with E-state index >= 15 is 0 Å². The van der Waals surface area contributed by atoms with Crippen molar-refractivity contribution in [2.24, 2.45) is 5.92 Å². The molecule has 0 saturated heterocycles. The fourth-order valence-corrected chi connectivity index (χ4v) is 4.11. The molecule has 0 spiro atoms. The average molecular weight is 291 g/mol. The van der Waals surface area contributed by atoms with Crippen LogP contribution in [0, 0.1) is 5.92 Å². The van der Waals surface area contributed by atoms with Gasteiger partial charge in [0.15, 0.2) is 0 Å². The molecule has 0 saturated carbocycles. The topological polar surface area (TPSA) is 0 Å². The monoisotopic (exact) mass is 290 g/mol. The summed E-state index contributed by atoms with van der Waals surface area (Å²) in [5.74, 6) is 2.24. The third-order valence-electron chi connectivity index (χ3n) is 3.02. The molecule has 0 radical (unpaired) electrons. The molecular formula is C16H34S2. The van der Waals surface area contributed by atoms with Crippen molar-refractivity contribution in [3.05, 3.63) is 0 Å². The molecule has 0 N–H and O–H groups in total. The predicted molar refractivity (Wildman–Crippen MR) is 91.6 cm³/mol. The van der Waals surface area contributed by atoms with E-state index in [4.69, 9.17) is 0 Å². The van der Waals surface area contributed by atoms with Crippen molar-refractivity contribution in [3.8, 4) is 0 Å². The van der Waals surface area contributed by atoms with E-state index < -0.39 is 0 Å². The third kappa shape index (κ3) is 16.7. The zero-order valence-electron chi connectivity index (χ0n) is 13.0. The first-order valence-electron chi connectivity index (χ1n) is 7.91. The first-order valence-corrected chi connectivity index (χ1v) is 10.3. The molecule has 0 aliphatic rings. The standard InChI is InChI=1S/C16H34S2/c1-15(2)13-11-9-7-5-6-8-10-12-14-17-18-16(3)4/h15-16H,5-14H2,1-4H3. The van der Waals surface area contributed by atoms with Gasteiger partial charge in [-0.15, -0.1) is 0 Å². The van der Waals surface area contributed by atoms with Crippen LogP contribution in [-0.2, 0) is 0 Å². The highest BCUT2D eigenvalue weighted by molar-refractivity contribution is 8.76. The molecule has 2 heteroatoms. The van der Waals surface area contributed by atoms with Crippen molar-refractivity contribution >= 4 is 21.6 Å². The van der Waals surface area contributed by atoms with E-state index in [0.29, 0.717) is 0 Å². The lowest BCUT2D eigenvalue weighted by Gasteiger charge is -2.05. The first-order chi connectivity index (χ1) is 8.63. The summed E-state index contributed by atoms with van der Waals surface area (Å²) < 4.78 is 0. The van der Waals surface area contributed by atoms with Crippen LogP contribution < -0.4 is 0 Å². The summed E-state index contributed by atoms with van der Waals surface area (Å²) >= 11 is 0. The Kier molecular flexibility index (Phi) is 14.7. The molecule has 0 aliphatic heterocycles. The zero-order chi connectivity index (χ0) is 13.6. The summed E-state index contributed by atoms with van der Waals surface area (Å²) in [5, 5.41) is 0.779. The second kappa shape index (κ2) is 14.1. The second-order valence-corrected chi connectivity index (χ2v) is 9.04. The van der Waals surface area contributed by atoms with Crippen LogP contribution >= 0.6 is 21.6 Å². The van der Waals surface area contributed by atoms with Gasteiger partial charge >= 0.3 is 0 Å². The smallest absolute Gasteiger partial charge is 0.00944 e. The lowest BCUT2D eigenvalue weighted by Crippen LogP contribution is -1.87. The minimum atomic E-state index is 0.779. The highest BCUT2D eigenvalue weighted by Gasteiger charge is 1.97. The first kappa shape index (κ1) is 18.7. The molecule has 0 fully saturated rings. The molecule has 0 amide bonds. The average Bonchev–Trinajstić information content (AvgIpc) is 2.29. The van der Waals surface area contributed by atoms with Crippen LogP contribution in [0.15, 0.2) is 0 Å². The summed E-state index contributed by atoms with van der Waals surface area (Å²) in [5.41, 5.74) is 0. The van der Waals surface area contributed by atoms with Gasteiger partial charge in [0.05, 0.1) is 0 Å². The molecule has 0 nitrogen and oxygen atoms in total. The summed E-state index contributed by atoms with van der Waals surface area (Å²) in [4.78, 5) is 0. The van der Waals surface area contributed by atoms with Gasteiger partial charge in [0.25, 0.3) is 0 Å². The maximum absolute atomic E-state index is 2.33. The van der Waals surface area contributed by atoms with E-state index in [1.54, 1.807) is 0 Å². The lowest BCUT2D eigenvalue weighted by atomic mass is 10.0. The highest BCUT2D eigenvalue weighted by atomic mass is 33.1. The highest BCUT2D eigenvalue weighted by Crippen LogP contribution is 2.27. The number of hydrogen-bond acceptors (Lipinski definition) is 2. The fraction of sp³-hybridized carbons (Fsp3) is 1.00. The molecule has 110 valence electrons. The predicted octanol–water partition coefficient (Wildman–Crippen LogP) is 6.94. The van der Waals surface area contributed by atoms with Crippen LogP contribution in [0.5, 0.6) is 0 Å². The van der Waals surface area contributed by atoms with Gasteiger partial charge in [-0.2, -0.15) is 0 Å². The van der Waals surface area contributed by atoms with Crippen molar-refractivity contribution in [2.45, 2.75) is 90.7 Å². The minimum absolute atomic E-state index is 0.779. The van der Waals surface area contributed by atoms with Crippen molar-refractivity contribution in [1.29, 1.82) is 0 Å². The van der Waals surface area contributed by atoms with Gasteiger partial charge in [-0.1, -0.05) is 101 Å². The van der Waals surface area contributed by atoms with Gasteiger partial charge in [-0.05, 0) is 12.3 Å². The van der Waals surface area contributed by atoms with Gasteiger partial charge in [-0.3, -0.25) is 0 Å². The molecule has 0 aromatic carbocycles. The molecule has 0 aromatic rings. The van der Waals surface area contributed by atoms with Crippen LogP contribution in [0.25, 0.3) is 0 Å². The van der Waals surface area contributed by atoms with E-state index in [1.807, 2.05) is 10.8 Å². The second-order valence-electron chi connectivity index (χ2n) is 5.98. The Morgan fingerprint density at radius 1 is 0.667 bits per heavy atom. The van der Waals surface area contributed by atoms with E-state index in [2.05, 4.69) is 38.5 Å². The Labute approximate surface area is 124 Å². The van der Waals surface area contributed by atoms with Gasteiger partial charge in [0.2, 0.25) is 0 Å². The molecule has 0 bridgehead atoms. The maximum Gasteiger partial charge on any atom is 0.00944 e. The SMILES string of the molecule is CC(C)CCCCCCCCCCSSC(C)C. The van der Waals surface area contributed by atoms with Gasteiger partial charge in [-0.25, -0.2) is 0 Å². The summed E-state index contributed by atoms with van der Waals surface area (Å²) in [6, 6.07) is 0. The van der Waals surface area contributed by atoms with Gasteiger partial charge in [0, 0.05) is 11.0 Å². The summed E-state index contributed by atoms with van der Waals surface area (Å²) in [6.07, 6.45) is 13.0. The third-order valence-corrected chi connectivity index (χ3v) is 6.06. The summed E-state index contributed by atoms with van der Waals surface area (Å²) in [6.45, 7) is 9.21. The van der Waals surface area contributed by atoms with Crippen LogP contribution in [0.1, 0.15) is 85.5 Å². The fourth-order valence-electron chi connectivity index (χ4n) is 1.96. The lowest BCUT2D eigenvalue weighted by molar-refractivity contribution is 0.509. The molecule has 0 aliphatic carbocycles. The van der Waals surface area contributed by atoms with E-state index in [-0.39, 0.29) is 0 Å². The Hall–Kier alpha value is 0.700. The van der Waals surface area contributed by atoms with Gasteiger partial charge < -0.3 is 0 Å². The molecular weight excluding hydrogens is 256 g/mol. The zero-order valence-corrected chi connectivity index (χ0v) is 14.7. The van der Waals surface area contributed by atoms with Crippen molar-refractivity contribution in [2.75, 3.05) is 5.75 Å². The number of unbranched alkanes of at least 4 members (excludes halogenated alkanes) is 7. The van der Waals surface area contributed by atoms with Crippen molar-refractivity contribution in [1.82, 2.24) is 0 Å². The van der Waals surface area contributed by atoms with E-state index in [1.165, 1.54) is 63.5 Å². The normalized spacial score (nSPS) is 11.7. The number of hydrogen-bond donors (Lipinski definition) is 0. The molecule has 0 rings (SSSR count). The molecule has 0 atom stereocenters. The van der Waals surface area contributed by atoms with Crippen molar-refractivity contribution in [3.63, 3.8) is 0 Å². The van der Waals surface area contributed by atoms with E-state index in [0.717, 1.165) is 11.2 Å². The molecule has 0 heterocycles. The maximum atomic E-state index is 2.33. The molecule has 18 heavy (non-hydrogen) atoms. The van der Waals surface area contributed by atoms with Crippen LogP contribution in [-0.4, -0.2) is 11.0 Å². The summed E-state index contributed by atoms with van der Waals surface area (Å²) in [7, 11) is 4.08. The van der Waals surface area contributed by atoms with Gasteiger partial charge in [0.1, 0.15) is 0 Å². The largest absolute Gasteiger partial charge is 0.0939 e. The Morgan fingerprint density at radius 2 is 1.17 bits per heavy atom. The quantitative estimate of drug-likeness (QED) is 0.266. The van der Waals surface area contributed by atoms with Crippen molar-refractivity contribution < 1.29 is 0 Å². The van der Waals surface area contributed by atoms with E-state index in [9.17, 15) is 0 Å². The Morgan fingerprint density at radius 3 is 1.67 bits per heavy atom. The Balaban J connectivity index is 2.95. The van der Waals surface area contributed by atoms with Crippen LogP contribution in [0.2, 0.25) is 0 Å².